The molecule has 0 radical (unpaired) electrons. The van der Waals surface area contributed by atoms with Crippen molar-refractivity contribution >= 4 is 5.97 Å². The minimum Gasteiger partial charge on any atom is -0.496 e. The largest absolute Gasteiger partial charge is 0.496 e. The Balaban J connectivity index is 1.37. The van der Waals surface area contributed by atoms with Crippen LogP contribution in [0, 0.1) is 32.6 Å². The fourth-order valence-electron chi connectivity index (χ4n) is 5.55. The van der Waals surface area contributed by atoms with Crippen LogP contribution >= 0.6 is 0 Å². The molecule has 3 atom stereocenters. The quantitative estimate of drug-likeness (QED) is 0.536. The molecule has 2 aliphatic rings. The fourth-order valence-corrected chi connectivity index (χ4v) is 5.55. The van der Waals surface area contributed by atoms with Gasteiger partial charge in [0.2, 0.25) is 0 Å². The molecule has 0 bridgehead atoms. The normalized spacial score (nSPS) is 20.4. The van der Waals surface area contributed by atoms with Gasteiger partial charge in [-0.3, -0.25) is 4.79 Å². The summed E-state index contributed by atoms with van der Waals surface area (Å²) in [6.45, 7) is 6.88. The Morgan fingerprint density at radius 3 is 2.62 bits per heavy atom. The first-order valence-corrected chi connectivity index (χ1v) is 11.1. The zero-order valence-electron chi connectivity index (χ0n) is 18.9. The summed E-state index contributed by atoms with van der Waals surface area (Å²) in [7, 11) is 1.71. The van der Waals surface area contributed by atoms with Crippen LogP contribution in [-0.2, 0) is 17.8 Å². The minimum atomic E-state index is -0.664. The molecule has 4 nitrogen and oxygen atoms in total. The first-order chi connectivity index (χ1) is 15.4. The molecule has 4 heteroatoms. The van der Waals surface area contributed by atoms with Crippen LogP contribution in [0.2, 0.25) is 0 Å². The second kappa shape index (κ2) is 7.70. The van der Waals surface area contributed by atoms with Crippen molar-refractivity contribution in [3.63, 3.8) is 0 Å². The van der Waals surface area contributed by atoms with E-state index < -0.39 is 5.97 Å². The molecule has 0 aromatic heterocycles. The lowest BCUT2D eigenvalue weighted by Crippen LogP contribution is -2.05. The van der Waals surface area contributed by atoms with E-state index in [1.54, 1.807) is 7.11 Å². The zero-order chi connectivity index (χ0) is 22.6. The van der Waals surface area contributed by atoms with Crippen molar-refractivity contribution in [2.24, 2.45) is 11.8 Å². The van der Waals surface area contributed by atoms with Crippen LogP contribution in [-0.4, -0.2) is 18.2 Å². The molecule has 1 N–H and O–H groups in total. The molecule has 1 saturated carbocycles. The number of carboxylic acids is 1. The lowest BCUT2D eigenvalue weighted by Gasteiger charge is -2.18. The Bertz CT molecular complexity index is 1230. The second-order valence-corrected chi connectivity index (χ2v) is 9.08. The maximum atomic E-state index is 11.3. The van der Waals surface area contributed by atoms with E-state index in [2.05, 4.69) is 57.2 Å². The summed E-state index contributed by atoms with van der Waals surface area (Å²) in [5.41, 5.74) is 9.58. The molecule has 0 aliphatic heterocycles. The lowest BCUT2D eigenvalue weighted by atomic mass is 9.90. The minimum absolute atomic E-state index is 0.191. The number of ether oxygens (including phenoxy) is 2. The van der Waals surface area contributed by atoms with Gasteiger partial charge in [0.25, 0.3) is 0 Å². The summed E-state index contributed by atoms with van der Waals surface area (Å²) in [6.07, 6.45) is 0.844. The van der Waals surface area contributed by atoms with Crippen LogP contribution in [0.25, 0.3) is 11.1 Å². The topological polar surface area (TPSA) is 55.8 Å². The Kier molecular flexibility index (Phi) is 4.96. The average Bonchev–Trinajstić information content (AvgIpc) is 3.37. The summed E-state index contributed by atoms with van der Waals surface area (Å²) in [5, 5.41) is 9.31. The Labute approximate surface area is 188 Å². The maximum absolute atomic E-state index is 11.3. The number of fused-ring (bicyclic) bond motifs is 3. The lowest BCUT2D eigenvalue weighted by molar-refractivity contribution is -0.139. The van der Waals surface area contributed by atoms with E-state index >= 15 is 0 Å². The molecule has 0 spiro atoms. The average molecular weight is 429 g/mol. The highest BCUT2D eigenvalue weighted by Gasteiger charge is 2.59. The van der Waals surface area contributed by atoms with Crippen molar-refractivity contribution in [1.82, 2.24) is 0 Å². The van der Waals surface area contributed by atoms with E-state index in [1.165, 1.54) is 33.4 Å². The van der Waals surface area contributed by atoms with Crippen LogP contribution in [0.3, 0.4) is 0 Å². The number of rotatable bonds is 6. The number of hydrogen-bond donors (Lipinski definition) is 1. The summed E-state index contributed by atoms with van der Waals surface area (Å²) < 4.78 is 11.7. The van der Waals surface area contributed by atoms with Crippen LogP contribution in [0.4, 0.5) is 0 Å². The molecule has 3 aromatic carbocycles. The standard InChI is InChI=1S/C28H28O4/c1-15-8-11-24(31-4)17(3)25(15)21-7-5-6-18(16(21)2)14-32-20-9-10-22-19(12-20)13-23-26(22)27(23)28(29)30/h5-12,23,26-27H,13-14H2,1-4H3,(H,29,30). The monoisotopic (exact) mass is 428 g/mol. The molecule has 0 saturated heterocycles. The van der Waals surface area contributed by atoms with Gasteiger partial charge in [0.1, 0.15) is 18.1 Å². The van der Waals surface area contributed by atoms with Crippen molar-refractivity contribution in [3.8, 4) is 22.6 Å². The molecule has 1 fully saturated rings. The molecule has 3 unspecified atom stereocenters. The number of carboxylic acid groups (broad SMARTS) is 1. The van der Waals surface area contributed by atoms with Crippen LogP contribution in [0.5, 0.6) is 11.5 Å². The van der Waals surface area contributed by atoms with Crippen molar-refractivity contribution in [2.75, 3.05) is 7.11 Å². The number of methoxy groups -OCH3 is 1. The van der Waals surface area contributed by atoms with E-state index in [9.17, 15) is 9.90 Å². The molecular weight excluding hydrogens is 400 g/mol. The van der Waals surface area contributed by atoms with E-state index in [0.717, 1.165) is 29.0 Å². The van der Waals surface area contributed by atoms with E-state index in [0.29, 0.717) is 6.61 Å². The molecule has 0 heterocycles. The van der Waals surface area contributed by atoms with Crippen molar-refractivity contribution in [1.29, 1.82) is 0 Å². The SMILES string of the molecule is COc1ccc(C)c(-c2cccc(COc3ccc4c(c3)CC3C(C(=O)O)C43)c2C)c1C. The molecule has 2 aliphatic carbocycles. The van der Waals surface area contributed by atoms with Gasteiger partial charge in [-0.1, -0.05) is 30.3 Å². The number of carbonyl (C=O) groups is 1. The second-order valence-electron chi connectivity index (χ2n) is 9.08. The first-order valence-electron chi connectivity index (χ1n) is 11.1. The summed E-state index contributed by atoms with van der Waals surface area (Å²) >= 11 is 0. The van der Waals surface area contributed by atoms with Crippen molar-refractivity contribution in [2.45, 2.75) is 39.7 Å². The Morgan fingerprint density at radius 1 is 1.06 bits per heavy atom. The highest BCUT2D eigenvalue weighted by molar-refractivity contribution is 5.78. The molecule has 32 heavy (non-hydrogen) atoms. The third-order valence-corrected chi connectivity index (χ3v) is 7.34. The number of hydrogen-bond acceptors (Lipinski definition) is 3. The van der Waals surface area contributed by atoms with Gasteiger partial charge >= 0.3 is 5.97 Å². The highest BCUT2D eigenvalue weighted by atomic mass is 16.5. The summed E-state index contributed by atoms with van der Waals surface area (Å²) in [4.78, 5) is 11.3. The summed E-state index contributed by atoms with van der Waals surface area (Å²) in [6, 6.07) is 16.6. The van der Waals surface area contributed by atoms with Crippen molar-refractivity contribution < 1.29 is 19.4 Å². The smallest absolute Gasteiger partial charge is 0.307 e. The van der Waals surface area contributed by atoms with Crippen molar-refractivity contribution in [3.05, 3.63) is 81.9 Å². The predicted octanol–water partition coefficient (Wildman–Crippen LogP) is 5.84. The van der Waals surface area contributed by atoms with Gasteiger partial charge in [-0.25, -0.2) is 0 Å². The first kappa shape index (κ1) is 20.6. The van der Waals surface area contributed by atoms with E-state index in [1.807, 2.05) is 12.1 Å². The number of aryl methyl sites for hydroxylation is 1. The van der Waals surface area contributed by atoms with Crippen LogP contribution in [0.15, 0.2) is 48.5 Å². The molecule has 0 amide bonds. The third-order valence-electron chi connectivity index (χ3n) is 7.34. The van der Waals surface area contributed by atoms with E-state index in [4.69, 9.17) is 9.47 Å². The van der Waals surface area contributed by atoms with Crippen LogP contribution < -0.4 is 9.47 Å². The summed E-state index contributed by atoms with van der Waals surface area (Å²) in [5.74, 6) is 1.35. The zero-order valence-corrected chi connectivity index (χ0v) is 18.9. The number of benzene rings is 3. The third kappa shape index (κ3) is 3.26. The fraction of sp³-hybridized carbons (Fsp3) is 0.321. The predicted molar refractivity (Wildman–Crippen MR) is 124 cm³/mol. The maximum Gasteiger partial charge on any atom is 0.307 e. The molecule has 164 valence electrons. The Hall–Kier alpha value is -3.27. The molecule has 3 aromatic rings. The van der Waals surface area contributed by atoms with Crippen LogP contribution in [0.1, 0.15) is 39.3 Å². The van der Waals surface area contributed by atoms with Gasteiger partial charge < -0.3 is 14.6 Å². The number of aliphatic carboxylic acids is 1. The van der Waals surface area contributed by atoms with Gasteiger partial charge in [-0.15, -0.1) is 0 Å². The van der Waals surface area contributed by atoms with Gasteiger partial charge in [0, 0.05) is 5.92 Å². The van der Waals surface area contributed by atoms with Gasteiger partial charge in [-0.05, 0) is 95.8 Å². The molecular formula is C28H28O4. The van der Waals surface area contributed by atoms with Gasteiger partial charge in [0.05, 0.1) is 13.0 Å². The highest BCUT2D eigenvalue weighted by Crippen LogP contribution is 2.61. The van der Waals surface area contributed by atoms with Gasteiger partial charge in [-0.2, -0.15) is 0 Å². The van der Waals surface area contributed by atoms with E-state index in [-0.39, 0.29) is 17.8 Å². The molecule has 5 rings (SSSR count). The Morgan fingerprint density at radius 2 is 1.88 bits per heavy atom. The van der Waals surface area contributed by atoms with Gasteiger partial charge in [0.15, 0.2) is 0 Å².